The van der Waals surface area contributed by atoms with E-state index < -0.39 is 0 Å². The predicted octanol–water partition coefficient (Wildman–Crippen LogP) is 4.31. The molecule has 5 heteroatoms. The number of H-pyrrole nitrogens is 2. The van der Waals surface area contributed by atoms with Gasteiger partial charge in [-0.2, -0.15) is 0 Å². The second-order valence-corrected chi connectivity index (χ2v) is 6.14. The molecule has 3 N–H and O–H groups in total. The minimum Gasteiger partial charge on any atom is -0.494 e. The summed E-state index contributed by atoms with van der Waals surface area (Å²) in [6, 6.07) is 5.98. The van der Waals surface area contributed by atoms with Gasteiger partial charge in [0.1, 0.15) is 5.75 Å². The van der Waals surface area contributed by atoms with Crippen molar-refractivity contribution in [3.05, 3.63) is 47.9 Å². The quantitative estimate of drug-likeness (QED) is 0.596. The van der Waals surface area contributed by atoms with Crippen LogP contribution in [0.3, 0.4) is 0 Å². The topological polar surface area (TPSA) is 73.4 Å². The standard InChI is InChI=1S/C20H25N3O2/c1-25-20-14-18(17-8-6-11-21-17)23-19(20)13-16-10-9-15(22-16)7-4-2-3-5-12-24/h6,8-11,13-14,21,23-24H,2-5,7,12H2,1H3/b16-13+. The molecule has 0 aromatic carbocycles. The first-order valence-corrected chi connectivity index (χ1v) is 8.79. The van der Waals surface area contributed by atoms with Crippen LogP contribution in [-0.2, 0) is 0 Å². The third-order valence-electron chi connectivity index (χ3n) is 4.27. The lowest BCUT2D eigenvalue weighted by molar-refractivity contribution is 0.283. The van der Waals surface area contributed by atoms with Crippen LogP contribution in [0.2, 0.25) is 0 Å². The van der Waals surface area contributed by atoms with Crippen molar-refractivity contribution in [2.24, 2.45) is 4.99 Å². The highest BCUT2D eigenvalue weighted by molar-refractivity contribution is 5.99. The van der Waals surface area contributed by atoms with E-state index >= 15 is 0 Å². The first-order chi connectivity index (χ1) is 12.3. The van der Waals surface area contributed by atoms with Gasteiger partial charge in [0.25, 0.3) is 0 Å². The zero-order valence-corrected chi connectivity index (χ0v) is 14.6. The Kier molecular flexibility index (Phi) is 5.90. The number of nitrogens with zero attached hydrogens (tertiary/aromatic N) is 1. The van der Waals surface area contributed by atoms with E-state index in [1.54, 1.807) is 7.11 Å². The minimum atomic E-state index is 0.288. The van der Waals surface area contributed by atoms with Gasteiger partial charge in [-0.1, -0.05) is 12.8 Å². The smallest absolute Gasteiger partial charge is 0.144 e. The molecule has 132 valence electrons. The summed E-state index contributed by atoms with van der Waals surface area (Å²) in [6.45, 7) is 0.288. The fraction of sp³-hybridized carbons (Fsp3) is 0.350. The first kappa shape index (κ1) is 17.3. The van der Waals surface area contributed by atoms with Gasteiger partial charge < -0.3 is 19.8 Å². The lowest BCUT2D eigenvalue weighted by atomic mass is 10.1. The van der Waals surface area contributed by atoms with E-state index in [4.69, 9.17) is 9.84 Å². The summed E-state index contributed by atoms with van der Waals surface area (Å²) in [6.07, 6.45) is 13.2. The van der Waals surface area contributed by atoms with Crippen molar-refractivity contribution in [3.8, 4) is 17.1 Å². The van der Waals surface area contributed by atoms with Gasteiger partial charge in [-0.15, -0.1) is 0 Å². The summed E-state index contributed by atoms with van der Waals surface area (Å²) >= 11 is 0. The van der Waals surface area contributed by atoms with Crippen LogP contribution in [0.1, 0.15) is 37.8 Å². The molecular formula is C20H25N3O2. The van der Waals surface area contributed by atoms with E-state index in [2.05, 4.69) is 21.0 Å². The van der Waals surface area contributed by atoms with E-state index in [1.807, 2.05) is 36.5 Å². The molecule has 0 atom stereocenters. The number of allylic oxidation sites excluding steroid dienone is 2. The number of ether oxygens (including phenoxy) is 1. The second kappa shape index (κ2) is 8.53. The molecule has 5 nitrogen and oxygen atoms in total. The number of aliphatic hydroxyl groups excluding tert-OH is 1. The Bertz CT molecular complexity index is 767. The van der Waals surface area contributed by atoms with Gasteiger partial charge in [-0.05, 0) is 49.6 Å². The summed E-state index contributed by atoms with van der Waals surface area (Å²) in [5, 5.41) is 8.80. The van der Waals surface area contributed by atoms with Gasteiger partial charge in [-0.3, -0.25) is 4.99 Å². The molecule has 0 radical (unpaired) electrons. The molecule has 0 unspecified atom stereocenters. The Morgan fingerprint density at radius 3 is 2.80 bits per heavy atom. The molecule has 0 amide bonds. The Labute approximate surface area is 148 Å². The Morgan fingerprint density at radius 1 is 1.16 bits per heavy atom. The number of hydrogen-bond acceptors (Lipinski definition) is 3. The molecule has 2 aromatic rings. The van der Waals surface area contributed by atoms with E-state index in [0.29, 0.717) is 0 Å². The molecule has 2 aromatic heterocycles. The number of nitrogens with one attached hydrogen (secondary N) is 2. The molecule has 0 bridgehead atoms. The summed E-state index contributed by atoms with van der Waals surface area (Å²) in [5.74, 6) is 0.804. The minimum absolute atomic E-state index is 0.288. The van der Waals surface area contributed by atoms with Gasteiger partial charge >= 0.3 is 0 Å². The molecule has 3 rings (SSSR count). The molecule has 1 aliphatic rings. The van der Waals surface area contributed by atoms with E-state index in [-0.39, 0.29) is 6.61 Å². The fourth-order valence-electron chi connectivity index (χ4n) is 2.93. The SMILES string of the molecule is COc1cc(-c2ccc[nH]2)[nH]c1/C=C1\C=CC(CCCCCCO)=N1. The third kappa shape index (κ3) is 4.51. The van der Waals surface area contributed by atoms with Gasteiger partial charge in [0.2, 0.25) is 0 Å². The molecule has 1 aliphatic heterocycles. The monoisotopic (exact) mass is 339 g/mol. The lowest BCUT2D eigenvalue weighted by Crippen LogP contribution is -1.91. The molecule has 0 saturated carbocycles. The zero-order valence-electron chi connectivity index (χ0n) is 14.6. The van der Waals surface area contributed by atoms with Crippen LogP contribution in [0.5, 0.6) is 5.75 Å². The number of unbranched alkanes of at least 4 members (excludes halogenated alkanes) is 3. The van der Waals surface area contributed by atoms with Crippen LogP contribution in [0, 0.1) is 0 Å². The van der Waals surface area contributed by atoms with Crippen molar-refractivity contribution >= 4 is 11.8 Å². The predicted molar refractivity (Wildman–Crippen MR) is 102 cm³/mol. The average Bonchev–Trinajstić information content (AvgIpc) is 3.35. The van der Waals surface area contributed by atoms with Gasteiger partial charge in [0, 0.05) is 24.6 Å². The molecule has 25 heavy (non-hydrogen) atoms. The Morgan fingerprint density at radius 2 is 2.04 bits per heavy atom. The summed E-state index contributed by atoms with van der Waals surface area (Å²) < 4.78 is 5.48. The van der Waals surface area contributed by atoms with Gasteiger partial charge in [0.15, 0.2) is 0 Å². The highest BCUT2D eigenvalue weighted by Gasteiger charge is 2.11. The molecule has 0 spiro atoms. The van der Waals surface area contributed by atoms with Crippen LogP contribution in [0.4, 0.5) is 0 Å². The maximum absolute atomic E-state index is 8.80. The average molecular weight is 339 g/mol. The van der Waals surface area contributed by atoms with Gasteiger partial charge in [0.05, 0.1) is 29.9 Å². The number of aromatic amines is 2. The van der Waals surface area contributed by atoms with Crippen LogP contribution >= 0.6 is 0 Å². The Hall–Kier alpha value is -2.53. The fourth-order valence-corrected chi connectivity index (χ4v) is 2.93. The number of aliphatic hydroxyl groups is 1. The van der Waals surface area contributed by atoms with Crippen LogP contribution in [0.15, 0.2) is 47.2 Å². The molecular weight excluding hydrogens is 314 g/mol. The summed E-state index contributed by atoms with van der Waals surface area (Å²) in [7, 11) is 1.68. The maximum atomic E-state index is 8.80. The maximum Gasteiger partial charge on any atom is 0.144 e. The van der Waals surface area contributed by atoms with Crippen molar-refractivity contribution in [1.82, 2.24) is 9.97 Å². The summed E-state index contributed by atoms with van der Waals surface area (Å²) in [5.41, 5.74) is 4.98. The van der Waals surface area contributed by atoms with E-state index in [9.17, 15) is 0 Å². The van der Waals surface area contributed by atoms with Crippen molar-refractivity contribution in [2.45, 2.75) is 32.1 Å². The Balaban J connectivity index is 1.66. The molecule has 3 heterocycles. The number of aliphatic imine (C=N–C) groups is 1. The van der Waals surface area contributed by atoms with Crippen molar-refractivity contribution in [2.75, 3.05) is 13.7 Å². The largest absolute Gasteiger partial charge is 0.494 e. The zero-order chi connectivity index (χ0) is 17.5. The highest BCUT2D eigenvalue weighted by atomic mass is 16.5. The molecule has 0 saturated heterocycles. The van der Waals surface area contributed by atoms with Gasteiger partial charge in [-0.25, -0.2) is 0 Å². The second-order valence-electron chi connectivity index (χ2n) is 6.14. The third-order valence-corrected chi connectivity index (χ3v) is 4.27. The highest BCUT2D eigenvalue weighted by Crippen LogP contribution is 2.29. The lowest BCUT2D eigenvalue weighted by Gasteiger charge is -1.99. The first-order valence-electron chi connectivity index (χ1n) is 8.79. The van der Waals surface area contributed by atoms with Crippen LogP contribution in [0.25, 0.3) is 17.5 Å². The molecule has 0 fully saturated rings. The van der Waals surface area contributed by atoms with Crippen molar-refractivity contribution in [3.63, 3.8) is 0 Å². The van der Waals surface area contributed by atoms with E-state index in [1.165, 1.54) is 0 Å². The van der Waals surface area contributed by atoms with Crippen LogP contribution in [-0.4, -0.2) is 34.5 Å². The normalized spacial score (nSPS) is 15.1. The van der Waals surface area contributed by atoms with Crippen molar-refractivity contribution in [1.29, 1.82) is 0 Å². The number of rotatable bonds is 9. The van der Waals surface area contributed by atoms with E-state index in [0.717, 1.165) is 66.3 Å². The molecule has 0 aliphatic carbocycles. The van der Waals surface area contributed by atoms with Crippen LogP contribution < -0.4 is 4.74 Å². The summed E-state index contributed by atoms with van der Waals surface area (Å²) in [4.78, 5) is 11.3. The number of aromatic nitrogens is 2. The number of methoxy groups -OCH3 is 1. The van der Waals surface area contributed by atoms with Crippen molar-refractivity contribution < 1.29 is 9.84 Å². The number of hydrogen-bond donors (Lipinski definition) is 3.